The summed E-state index contributed by atoms with van der Waals surface area (Å²) in [5.41, 5.74) is 6.50. The number of nitrogens with zero attached hydrogens (tertiary/aromatic N) is 1. The summed E-state index contributed by atoms with van der Waals surface area (Å²) < 4.78 is 5.22. The lowest BCUT2D eigenvalue weighted by Gasteiger charge is -2.22. The molecule has 1 aromatic rings. The van der Waals surface area contributed by atoms with Gasteiger partial charge in [-0.3, -0.25) is 9.78 Å². The summed E-state index contributed by atoms with van der Waals surface area (Å²) in [6.07, 6.45) is 3.25. The molecule has 0 bridgehead atoms. The smallest absolute Gasteiger partial charge is 0.270 e. The van der Waals surface area contributed by atoms with Crippen LogP contribution in [0.5, 0.6) is 0 Å². The second-order valence-electron chi connectivity index (χ2n) is 3.83. The van der Waals surface area contributed by atoms with Crippen LogP contribution in [0.15, 0.2) is 18.3 Å². The van der Waals surface area contributed by atoms with Gasteiger partial charge in [0.1, 0.15) is 5.69 Å². The maximum absolute atomic E-state index is 11.8. The Hall–Kier alpha value is -1.62. The molecule has 5 heteroatoms. The number of pyridine rings is 1. The highest BCUT2D eigenvalue weighted by Gasteiger charge is 2.17. The van der Waals surface area contributed by atoms with Gasteiger partial charge in [0.05, 0.1) is 0 Å². The molecule has 1 fully saturated rings. The van der Waals surface area contributed by atoms with E-state index in [1.165, 1.54) is 6.20 Å². The number of amides is 1. The fourth-order valence-corrected chi connectivity index (χ4v) is 1.67. The predicted molar refractivity (Wildman–Crippen MR) is 60.0 cm³/mol. The number of rotatable bonds is 2. The van der Waals surface area contributed by atoms with Crippen LogP contribution in [0.2, 0.25) is 0 Å². The highest BCUT2D eigenvalue weighted by Crippen LogP contribution is 2.08. The van der Waals surface area contributed by atoms with Crippen LogP contribution in [0.1, 0.15) is 23.3 Å². The van der Waals surface area contributed by atoms with Gasteiger partial charge in [0.25, 0.3) is 5.91 Å². The van der Waals surface area contributed by atoms with Gasteiger partial charge in [0, 0.05) is 31.1 Å². The lowest BCUT2D eigenvalue weighted by Crippen LogP contribution is -2.39. The van der Waals surface area contributed by atoms with E-state index in [0.717, 1.165) is 12.8 Å². The first-order valence-electron chi connectivity index (χ1n) is 5.36. The number of ether oxygens (including phenoxy) is 1. The number of hydrogen-bond donors (Lipinski definition) is 2. The molecule has 0 aromatic carbocycles. The van der Waals surface area contributed by atoms with Crippen molar-refractivity contribution < 1.29 is 9.53 Å². The van der Waals surface area contributed by atoms with Gasteiger partial charge >= 0.3 is 0 Å². The molecule has 5 nitrogen and oxygen atoms in total. The Labute approximate surface area is 94.0 Å². The monoisotopic (exact) mass is 221 g/mol. The first-order chi connectivity index (χ1) is 7.75. The van der Waals surface area contributed by atoms with E-state index in [2.05, 4.69) is 10.3 Å². The molecule has 0 unspecified atom stereocenters. The molecule has 2 heterocycles. The lowest BCUT2D eigenvalue weighted by atomic mass is 10.1. The molecule has 1 aliphatic heterocycles. The van der Waals surface area contributed by atoms with E-state index >= 15 is 0 Å². The zero-order valence-corrected chi connectivity index (χ0v) is 8.98. The Bertz CT molecular complexity index is 375. The number of carbonyl (C=O) groups is 1. The lowest BCUT2D eigenvalue weighted by molar-refractivity contribution is 0.0694. The number of carbonyl (C=O) groups excluding carboxylic acids is 1. The van der Waals surface area contributed by atoms with Crippen molar-refractivity contribution in [2.24, 2.45) is 0 Å². The Morgan fingerprint density at radius 1 is 1.50 bits per heavy atom. The van der Waals surface area contributed by atoms with Gasteiger partial charge in [0.2, 0.25) is 0 Å². The summed E-state index contributed by atoms with van der Waals surface area (Å²) in [7, 11) is 0. The standard InChI is InChI=1S/C11H15N3O2/c12-8-1-4-13-10(7-8)11(15)14-9-2-5-16-6-3-9/h1,4,7,9H,2-3,5-6H2,(H2,12,13)(H,14,15). The average molecular weight is 221 g/mol. The van der Waals surface area contributed by atoms with Crippen molar-refractivity contribution in [1.82, 2.24) is 10.3 Å². The zero-order chi connectivity index (χ0) is 11.4. The Morgan fingerprint density at radius 2 is 2.25 bits per heavy atom. The minimum atomic E-state index is -0.167. The largest absolute Gasteiger partial charge is 0.399 e. The van der Waals surface area contributed by atoms with Crippen LogP contribution < -0.4 is 11.1 Å². The average Bonchev–Trinajstić information content (AvgIpc) is 2.30. The van der Waals surface area contributed by atoms with Gasteiger partial charge in [-0.15, -0.1) is 0 Å². The van der Waals surface area contributed by atoms with Gasteiger partial charge in [-0.1, -0.05) is 0 Å². The summed E-state index contributed by atoms with van der Waals surface area (Å²) in [5.74, 6) is -0.167. The third kappa shape index (κ3) is 2.70. The minimum Gasteiger partial charge on any atom is -0.399 e. The summed E-state index contributed by atoms with van der Waals surface area (Å²) >= 11 is 0. The fourth-order valence-electron chi connectivity index (χ4n) is 1.67. The van der Waals surface area contributed by atoms with Gasteiger partial charge in [-0.25, -0.2) is 0 Å². The molecule has 86 valence electrons. The molecule has 0 radical (unpaired) electrons. The molecule has 0 spiro atoms. The second-order valence-corrected chi connectivity index (χ2v) is 3.83. The highest BCUT2D eigenvalue weighted by molar-refractivity contribution is 5.93. The molecule has 2 rings (SSSR count). The van der Waals surface area contributed by atoms with Crippen LogP contribution in [0.25, 0.3) is 0 Å². The van der Waals surface area contributed by atoms with E-state index in [0.29, 0.717) is 24.6 Å². The minimum absolute atomic E-state index is 0.167. The van der Waals surface area contributed by atoms with Crippen molar-refractivity contribution in [3.8, 4) is 0 Å². The molecule has 0 atom stereocenters. The van der Waals surface area contributed by atoms with Crippen molar-refractivity contribution >= 4 is 11.6 Å². The molecule has 1 saturated heterocycles. The number of nitrogens with two attached hydrogens (primary N) is 1. The summed E-state index contributed by atoms with van der Waals surface area (Å²) in [4.78, 5) is 15.8. The van der Waals surface area contributed by atoms with Crippen molar-refractivity contribution in [3.63, 3.8) is 0 Å². The van der Waals surface area contributed by atoms with Crippen molar-refractivity contribution in [2.75, 3.05) is 18.9 Å². The highest BCUT2D eigenvalue weighted by atomic mass is 16.5. The van der Waals surface area contributed by atoms with Gasteiger partial charge in [-0.2, -0.15) is 0 Å². The molecule has 1 amide bonds. The van der Waals surface area contributed by atoms with Crippen LogP contribution >= 0.6 is 0 Å². The van der Waals surface area contributed by atoms with E-state index < -0.39 is 0 Å². The first-order valence-corrected chi connectivity index (χ1v) is 5.36. The number of nitrogens with one attached hydrogen (secondary N) is 1. The number of nitrogen functional groups attached to an aromatic ring is 1. The molecular formula is C11H15N3O2. The second kappa shape index (κ2) is 4.94. The van der Waals surface area contributed by atoms with Crippen LogP contribution in [-0.4, -0.2) is 30.1 Å². The summed E-state index contributed by atoms with van der Waals surface area (Å²) in [6.45, 7) is 1.41. The number of anilines is 1. The molecule has 3 N–H and O–H groups in total. The van der Waals surface area contributed by atoms with E-state index in [1.54, 1.807) is 12.1 Å². The normalized spacial score (nSPS) is 17.0. The maximum Gasteiger partial charge on any atom is 0.270 e. The predicted octanol–water partition coefficient (Wildman–Crippen LogP) is 0.573. The van der Waals surface area contributed by atoms with E-state index in [9.17, 15) is 4.79 Å². The molecule has 16 heavy (non-hydrogen) atoms. The van der Waals surface area contributed by atoms with Crippen LogP contribution in [0.3, 0.4) is 0 Å². The van der Waals surface area contributed by atoms with E-state index in [-0.39, 0.29) is 11.9 Å². The number of aromatic nitrogens is 1. The quantitative estimate of drug-likeness (QED) is 0.765. The van der Waals surface area contributed by atoms with Crippen molar-refractivity contribution in [3.05, 3.63) is 24.0 Å². The fraction of sp³-hybridized carbons (Fsp3) is 0.455. The first kappa shape index (κ1) is 10.9. The van der Waals surface area contributed by atoms with Gasteiger partial charge in [0.15, 0.2) is 0 Å². The van der Waals surface area contributed by atoms with Gasteiger partial charge in [-0.05, 0) is 25.0 Å². The Morgan fingerprint density at radius 3 is 2.94 bits per heavy atom. The van der Waals surface area contributed by atoms with E-state index in [4.69, 9.17) is 10.5 Å². The Balaban J connectivity index is 1.97. The van der Waals surface area contributed by atoms with Crippen LogP contribution in [-0.2, 0) is 4.74 Å². The van der Waals surface area contributed by atoms with Crippen molar-refractivity contribution in [2.45, 2.75) is 18.9 Å². The van der Waals surface area contributed by atoms with E-state index in [1.807, 2.05) is 0 Å². The molecule has 0 aliphatic carbocycles. The zero-order valence-electron chi connectivity index (χ0n) is 8.98. The summed E-state index contributed by atoms with van der Waals surface area (Å²) in [5, 5.41) is 2.93. The van der Waals surface area contributed by atoms with Crippen LogP contribution in [0.4, 0.5) is 5.69 Å². The molecule has 1 aromatic heterocycles. The SMILES string of the molecule is Nc1ccnc(C(=O)NC2CCOCC2)c1. The third-order valence-corrected chi connectivity index (χ3v) is 2.57. The number of hydrogen-bond acceptors (Lipinski definition) is 4. The summed E-state index contributed by atoms with van der Waals surface area (Å²) in [6, 6.07) is 3.42. The third-order valence-electron chi connectivity index (χ3n) is 2.57. The molecular weight excluding hydrogens is 206 g/mol. The Kier molecular flexibility index (Phi) is 3.36. The van der Waals surface area contributed by atoms with Crippen LogP contribution in [0, 0.1) is 0 Å². The molecule has 0 saturated carbocycles. The van der Waals surface area contributed by atoms with Gasteiger partial charge < -0.3 is 15.8 Å². The molecule has 1 aliphatic rings. The topological polar surface area (TPSA) is 77.2 Å². The van der Waals surface area contributed by atoms with Crippen molar-refractivity contribution in [1.29, 1.82) is 0 Å². The maximum atomic E-state index is 11.8.